The third kappa shape index (κ3) is 4.46. The van der Waals surface area contributed by atoms with Crippen molar-refractivity contribution in [1.29, 1.82) is 0 Å². The van der Waals surface area contributed by atoms with Crippen LogP contribution in [0.15, 0.2) is 5.16 Å². The first-order chi connectivity index (χ1) is 8.97. The van der Waals surface area contributed by atoms with Crippen molar-refractivity contribution in [3.8, 4) is 0 Å². The number of aromatic nitrogens is 4. The zero-order valence-corrected chi connectivity index (χ0v) is 12.7. The van der Waals surface area contributed by atoms with Crippen LogP contribution in [0.2, 0.25) is 0 Å². The molecule has 0 spiro atoms. The van der Waals surface area contributed by atoms with Gasteiger partial charge < -0.3 is 10.6 Å². The SMILES string of the molecule is CC(C)N(C(=O)CSc1nnnn1CCN)C(C)C. The summed E-state index contributed by atoms with van der Waals surface area (Å²) in [5.74, 6) is 0.429. The van der Waals surface area contributed by atoms with E-state index in [1.165, 1.54) is 11.8 Å². The maximum atomic E-state index is 12.2. The average molecular weight is 286 g/mol. The molecule has 0 bridgehead atoms. The molecule has 2 N–H and O–H groups in total. The van der Waals surface area contributed by atoms with E-state index in [4.69, 9.17) is 5.73 Å². The predicted octanol–water partition coefficient (Wildman–Crippen LogP) is 0.369. The number of carbonyl (C=O) groups is 1. The second kappa shape index (κ2) is 7.44. The topological polar surface area (TPSA) is 89.9 Å². The molecule has 19 heavy (non-hydrogen) atoms. The van der Waals surface area contributed by atoms with Crippen molar-refractivity contribution in [2.24, 2.45) is 5.73 Å². The lowest BCUT2D eigenvalue weighted by atomic mass is 10.2. The van der Waals surface area contributed by atoms with Gasteiger partial charge in [-0.05, 0) is 38.1 Å². The normalized spacial score (nSPS) is 11.3. The van der Waals surface area contributed by atoms with Crippen molar-refractivity contribution in [3.05, 3.63) is 0 Å². The molecule has 0 aromatic carbocycles. The van der Waals surface area contributed by atoms with E-state index in [9.17, 15) is 4.79 Å². The van der Waals surface area contributed by atoms with Gasteiger partial charge in [0.1, 0.15) is 0 Å². The molecule has 1 amide bonds. The van der Waals surface area contributed by atoms with Gasteiger partial charge in [-0.25, -0.2) is 4.68 Å². The van der Waals surface area contributed by atoms with Crippen molar-refractivity contribution in [3.63, 3.8) is 0 Å². The number of tetrazole rings is 1. The molecule has 0 fully saturated rings. The summed E-state index contributed by atoms with van der Waals surface area (Å²) in [4.78, 5) is 14.1. The van der Waals surface area contributed by atoms with Crippen LogP contribution in [0, 0.1) is 0 Å². The van der Waals surface area contributed by atoms with E-state index in [-0.39, 0.29) is 18.0 Å². The van der Waals surface area contributed by atoms with Gasteiger partial charge in [-0.3, -0.25) is 4.79 Å². The fourth-order valence-corrected chi connectivity index (χ4v) is 2.71. The summed E-state index contributed by atoms with van der Waals surface area (Å²) in [6, 6.07) is 0.376. The number of nitrogens with zero attached hydrogens (tertiary/aromatic N) is 5. The Kier molecular flexibility index (Phi) is 6.23. The molecular weight excluding hydrogens is 264 g/mol. The van der Waals surface area contributed by atoms with E-state index in [1.807, 2.05) is 32.6 Å². The molecule has 0 atom stereocenters. The lowest BCUT2D eigenvalue weighted by molar-refractivity contribution is -0.131. The summed E-state index contributed by atoms with van der Waals surface area (Å²) in [5.41, 5.74) is 5.47. The maximum absolute atomic E-state index is 12.2. The quantitative estimate of drug-likeness (QED) is 0.728. The molecule has 1 aromatic rings. The molecule has 8 heteroatoms. The summed E-state index contributed by atoms with van der Waals surface area (Å²) < 4.78 is 1.62. The summed E-state index contributed by atoms with van der Waals surface area (Å²) in [6.07, 6.45) is 0. The lowest BCUT2D eigenvalue weighted by Gasteiger charge is -2.30. The summed E-state index contributed by atoms with van der Waals surface area (Å²) in [6.45, 7) is 9.09. The maximum Gasteiger partial charge on any atom is 0.233 e. The van der Waals surface area contributed by atoms with E-state index < -0.39 is 0 Å². The number of carbonyl (C=O) groups excluding carboxylic acids is 1. The monoisotopic (exact) mass is 286 g/mol. The molecule has 0 radical (unpaired) electrons. The lowest BCUT2D eigenvalue weighted by Crippen LogP contribution is -2.43. The molecule has 0 saturated carbocycles. The van der Waals surface area contributed by atoms with Crippen LogP contribution in [-0.4, -0.2) is 55.4 Å². The van der Waals surface area contributed by atoms with Gasteiger partial charge in [0, 0.05) is 18.6 Å². The van der Waals surface area contributed by atoms with Gasteiger partial charge in [-0.1, -0.05) is 11.8 Å². The van der Waals surface area contributed by atoms with E-state index >= 15 is 0 Å². The minimum atomic E-state index is 0.0947. The number of amides is 1. The van der Waals surface area contributed by atoms with Gasteiger partial charge in [-0.15, -0.1) is 5.10 Å². The fourth-order valence-electron chi connectivity index (χ4n) is 1.94. The largest absolute Gasteiger partial charge is 0.337 e. The van der Waals surface area contributed by atoms with Crippen LogP contribution in [0.3, 0.4) is 0 Å². The second-order valence-corrected chi connectivity index (χ2v) is 5.69. The van der Waals surface area contributed by atoms with Crippen molar-refractivity contribution in [2.75, 3.05) is 12.3 Å². The Balaban J connectivity index is 2.60. The van der Waals surface area contributed by atoms with Crippen LogP contribution in [0.5, 0.6) is 0 Å². The van der Waals surface area contributed by atoms with E-state index in [0.717, 1.165) is 0 Å². The van der Waals surface area contributed by atoms with Gasteiger partial charge in [0.15, 0.2) is 0 Å². The smallest absolute Gasteiger partial charge is 0.233 e. The van der Waals surface area contributed by atoms with Crippen LogP contribution in [-0.2, 0) is 11.3 Å². The van der Waals surface area contributed by atoms with Gasteiger partial charge in [-0.2, -0.15) is 0 Å². The van der Waals surface area contributed by atoms with Crippen molar-refractivity contribution >= 4 is 17.7 Å². The second-order valence-electron chi connectivity index (χ2n) is 4.75. The highest BCUT2D eigenvalue weighted by molar-refractivity contribution is 7.99. The van der Waals surface area contributed by atoms with Crippen LogP contribution >= 0.6 is 11.8 Å². The Hall–Kier alpha value is -1.15. The predicted molar refractivity (Wildman–Crippen MR) is 74.7 cm³/mol. The van der Waals surface area contributed by atoms with Gasteiger partial charge in [0.05, 0.1) is 12.3 Å². The molecular formula is C11H22N6OS. The molecule has 1 heterocycles. The van der Waals surface area contributed by atoms with Crippen LogP contribution < -0.4 is 5.73 Å². The molecule has 1 rings (SSSR count). The Morgan fingerprint density at radius 2 is 2.00 bits per heavy atom. The van der Waals surface area contributed by atoms with Gasteiger partial charge >= 0.3 is 0 Å². The Labute approximate surface area is 117 Å². The molecule has 0 aliphatic carbocycles. The van der Waals surface area contributed by atoms with E-state index in [1.54, 1.807) is 4.68 Å². The van der Waals surface area contributed by atoms with Crippen molar-refractivity contribution < 1.29 is 4.79 Å². The van der Waals surface area contributed by atoms with Crippen LogP contribution in [0.1, 0.15) is 27.7 Å². The van der Waals surface area contributed by atoms with Crippen LogP contribution in [0.25, 0.3) is 0 Å². The number of hydrogen-bond acceptors (Lipinski definition) is 6. The highest BCUT2D eigenvalue weighted by Gasteiger charge is 2.20. The molecule has 7 nitrogen and oxygen atoms in total. The van der Waals surface area contributed by atoms with E-state index in [0.29, 0.717) is 24.0 Å². The molecule has 0 aliphatic rings. The zero-order chi connectivity index (χ0) is 14.4. The minimum Gasteiger partial charge on any atom is -0.337 e. The summed E-state index contributed by atoms with van der Waals surface area (Å²) in [7, 11) is 0. The first-order valence-electron chi connectivity index (χ1n) is 6.37. The first kappa shape index (κ1) is 15.9. The van der Waals surface area contributed by atoms with E-state index in [2.05, 4.69) is 15.5 Å². The summed E-state index contributed by atoms with van der Waals surface area (Å²) in [5, 5.41) is 11.9. The zero-order valence-electron chi connectivity index (χ0n) is 11.9. The van der Waals surface area contributed by atoms with Crippen LogP contribution in [0.4, 0.5) is 0 Å². The number of rotatable bonds is 7. The van der Waals surface area contributed by atoms with Crippen molar-refractivity contribution in [2.45, 2.75) is 51.5 Å². The standard InChI is InChI=1S/C11H22N6OS/c1-8(2)17(9(3)4)10(18)7-19-11-13-14-15-16(11)6-5-12/h8-9H,5-7,12H2,1-4H3. The molecule has 0 saturated heterocycles. The van der Waals surface area contributed by atoms with Crippen molar-refractivity contribution in [1.82, 2.24) is 25.1 Å². The molecule has 1 aromatic heterocycles. The highest BCUT2D eigenvalue weighted by atomic mass is 32.2. The molecule has 108 valence electrons. The van der Waals surface area contributed by atoms with Gasteiger partial charge in [0.2, 0.25) is 11.1 Å². The Bertz CT molecular complexity index is 398. The third-order valence-electron chi connectivity index (χ3n) is 2.57. The van der Waals surface area contributed by atoms with Gasteiger partial charge in [0.25, 0.3) is 0 Å². The third-order valence-corrected chi connectivity index (χ3v) is 3.51. The molecule has 0 aliphatic heterocycles. The number of nitrogens with two attached hydrogens (primary N) is 1. The fraction of sp³-hybridized carbons (Fsp3) is 0.818. The highest BCUT2D eigenvalue weighted by Crippen LogP contribution is 2.16. The summed E-state index contributed by atoms with van der Waals surface area (Å²) >= 11 is 1.34. The minimum absolute atomic E-state index is 0.0947. The Morgan fingerprint density at radius 3 is 2.53 bits per heavy atom. The number of thioether (sulfide) groups is 1. The molecule has 0 unspecified atom stereocenters. The number of hydrogen-bond donors (Lipinski definition) is 1. The average Bonchev–Trinajstić information content (AvgIpc) is 2.73. The Morgan fingerprint density at radius 1 is 1.37 bits per heavy atom. The first-order valence-corrected chi connectivity index (χ1v) is 7.36.